The molecule has 0 aromatic heterocycles. The Kier molecular flexibility index (Phi) is 7.49. The maximum Gasteiger partial charge on any atom is 0.243 e. The smallest absolute Gasteiger partial charge is 0.243 e. The molecule has 3 fully saturated rings. The van der Waals surface area contributed by atoms with Gasteiger partial charge in [0.15, 0.2) is 0 Å². The molecule has 3 amide bonds. The van der Waals surface area contributed by atoms with Crippen molar-refractivity contribution in [3.05, 3.63) is 65.5 Å². The van der Waals surface area contributed by atoms with Crippen LogP contribution in [0.15, 0.2) is 48.5 Å². The molecule has 3 saturated heterocycles. The fraction of sp³-hybridized carbons (Fsp3) is 0.483. The molecule has 0 radical (unpaired) electrons. The maximum absolute atomic E-state index is 13.4. The number of carbonyl (C=O) groups excluding carboxylic acids is 3. The number of piperidine rings is 1. The summed E-state index contributed by atoms with van der Waals surface area (Å²) in [5.41, 5.74) is 2.45. The van der Waals surface area contributed by atoms with Crippen molar-refractivity contribution in [1.29, 1.82) is 0 Å². The molecule has 2 aromatic carbocycles. The lowest BCUT2D eigenvalue weighted by atomic mass is 9.84. The van der Waals surface area contributed by atoms with Crippen LogP contribution in [-0.2, 0) is 27.5 Å². The largest absolute Gasteiger partial charge is 0.348 e. The third-order valence-corrected chi connectivity index (χ3v) is 8.24. The number of likely N-dealkylation sites (N-methyl/N-ethyl adjacent to an activating group) is 1. The van der Waals surface area contributed by atoms with E-state index >= 15 is 0 Å². The monoisotopic (exact) mass is 521 g/mol. The first-order valence-electron chi connectivity index (χ1n) is 13.3. The Hall–Kier alpha value is -3.30. The minimum absolute atomic E-state index is 0.0458. The van der Waals surface area contributed by atoms with Crippen molar-refractivity contribution in [2.75, 3.05) is 32.0 Å². The highest BCUT2D eigenvalue weighted by Gasteiger charge is 2.49. The standard InChI is InChI=1S/C29H36FN5O3/c1-20(36)31-24-9-5-22(6-10-24)18-34-13-11-29(12-14-34)16-27(37)35-19-25(15-26(35)28(38)32-29)33(2)17-21-3-7-23(30)8-4-21/h3-10,25-26H,11-19H2,1-2H3,(H,31,36)(H,32,38)/t25-,26-/m0/s1. The minimum atomic E-state index is -0.486. The fourth-order valence-electron chi connectivity index (χ4n) is 6.04. The van der Waals surface area contributed by atoms with E-state index in [0.717, 1.165) is 49.3 Å². The molecule has 0 saturated carbocycles. The predicted molar refractivity (Wildman–Crippen MR) is 143 cm³/mol. The normalized spacial score (nSPS) is 23.3. The van der Waals surface area contributed by atoms with Crippen molar-refractivity contribution in [2.24, 2.45) is 0 Å². The van der Waals surface area contributed by atoms with Gasteiger partial charge >= 0.3 is 0 Å². The average Bonchev–Trinajstić information content (AvgIpc) is 3.31. The molecule has 1 spiro atoms. The number of fused-ring (bicyclic) bond motifs is 1. The van der Waals surface area contributed by atoms with Gasteiger partial charge in [-0.25, -0.2) is 4.39 Å². The molecule has 2 atom stereocenters. The van der Waals surface area contributed by atoms with E-state index in [9.17, 15) is 18.8 Å². The molecule has 0 bridgehead atoms. The minimum Gasteiger partial charge on any atom is -0.348 e. The summed E-state index contributed by atoms with van der Waals surface area (Å²) >= 11 is 0. The summed E-state index contributed by atoms with van der Waals surface area (Å²) < 4.78 is 13.3. The summed E-state index contributed by atoms with van der Waals surface area (Å²) in [6.45, 7) is 5.05. The lowest BCUT2D eigenvalue weighted by Gasteiger charge is -2.41. The summed E-state index contributed by atoms with van der Waals surface area (Å²) in [6, 6.07) is 13.9. The second kappa shape index (κ2) is 10.8. The highest BCUT2D eigenvalue weighted by atomic mass is 19.1. The van der Waals surface area contributed by atoms with Crippen LogP contribution in [0.4, 0.5) is 10.1 Å². The molecule has 202 valence electrons. The summed E-state index contributed by atoms with van der Waals surface area (Å²) in [4.78, 5) is 44.2. The first-order valence-corrected chi connectivity index (χ1v) is 13.3. The molecular formula is C29H36FN5O3. The second-order valence-corrected chi connectivity index (χ2v) is 11.1. The molecule has 5 rings (SSSR count). The lowest BCUT2D eigenvalue weighted by molar-refractivity contribution is -0.135. The van der Waals surface area contributed by atoms with Crippen LogP contribution in [-0.4, -0.2) is 76.7 Å². The predicted octanol–water partition coefficient (Wildman–Crippen LogP) is 2.74. The molecule has 3 heterocycles. The number of hydrogen-bond donors (Lipinski definition) is 2. The zero-order valence-electron chi connectivity index (χ0n) is 22.1. The van der Waals surface area contributed by atoms with Crippen molar-refractivity contribution in [1.82, 2.24) is 20.0 Å². The number of anilines is 1. The summed E-state index contributed by atoms with van der Waals surface area (Å²) in [5, 5.41) is 6.08. The van der Waals surface area contributed by atoms with E-state index in [2.05, 4.69) is 20.4 Å². The first-order chi connectivity index (χ1) is 18.2. The van der Waals surface area contributed by atoms with Crippen molar-refractivity contribution in [3.63, 3.8) is 0 Å². The van der Waals surface area contributed by atoms with Gasteiger partial charge in [0.2, 0.25) is 17.7 Å². The van der Waals surface area contributed by atoms with Gasteiger partial charge in [0.05, 0.1) is 12.0 Å². The summed E-state index contributed by atoms with van der Waals surface area (Å²) in [6.07, 6.45) is 2.42. The van der Waals surface area contributed by atoms with E-state index in [0.29, 0.717) is 25.9 Å². The van der Waals surface area contributed by atoms with E-state index < -0.39 is 11.6 Å². The highest BCUT2D eigenvalue weighted by molar-refractivity contribution is 5.92. The van der Waals surface area contributed by atoms with E-state index in [1.165, 1.54) is 19.1 Å². The number of nitrogens with zero attached hydrogens (tertiary/aromatic N) is 3. The molecule has 9 heteroatoms. The van der Waals surface area contributed by atoms with Gasteiger partial charge in [0.25, 0.3) is 0 Å². The van der Waals surface area contributed by atoms with Crippen LogP contribution in [0.25, 0.3) is 0 Å². The van der Waals surface area contributed by atoms with Gasteiger partial charge in [-0.3, -0.25) is 24.2 Å². The molecule has 0 aliphatic carbocycles. The zero-order chi connectivity index (χ0) is 26.9. The van der Waals surface area contributed by atoms with Gasteiger partial charge in [-0.15, -0.1) is 0 Å². The molecule has 2 N–H and O–H groups in total. The number of rotatable bonds is 6. The van der Waals surface area contributed by atoms with Gasteiger partial charge in [-0.1, -0.05) is 24.3 Å². The first kappa shape index (κ1) is 26.3. The third kappa shape index (κ3) is 5.89. The Labute approximate surface area is 223 Å². The van der Waals surface area contributed by atoms with E-state index in [-0.39, 0.29) is 29.6 Å². The van der Waals surface area contributed by atoms with Gasteiger partial charge in [0, 0.05) is 51.4 Å². The van der Waals surface area contributed by atoms with E-state index in [4.69, 9.17) is 0 Å². The van der Waals surface area contributed by atoms with Crippen molar-refractivity contribution in [2.45, 2.75) is 63.3 Å². The Bertz CT molecular complexity index is 1150. The van der Waals surface area contributed by atoms with Crippen molar-refractivity contribution in [3.8, 4) is 0 Å². The van der Waals surface area contributed by atoms with Gasteiger partial charge in [-0.05, 0) is 61.7 Å². The number of likely N-dealkylation sites (tertiary alicyclic amines) is 1. The van der Waals surface area contributed by atoms with Gasteiger partial charge in [-0.2, -0.15) is 0 Å². The van der Waals surface area contributed by atoms with Gasteiger partial charge in [0.1, 0.15) is 11.9 Å². The number of benzene rings is 2. The number of amides is 3. The quantitative estimate of drug-likeness (QED) is 0.611. The Balaban J connectivity index is 1.16. The van der Waals surface area contributed by atoms with Gasteiger partial charge < -0.3 is 15.5 Å². The highest BCUT2D eigenvalue weighted by Crippen LogP contribution is 2.34. The molecule has 38 heavy (non-hydrogen) atoms. The van der Waals surface area contributed by atoms with Crippen LogP contribution in [0.5, 0.6) is 0 Å². The van der Waals surface area contributed by atoms with Crippen LogP contribution in [0.1, 0.15) is 43.7 Å². The number of nitrogens with one attached hydrogen (secondary N) is 2. The number of halogens is 1. The molecule has 8 nitrogen and oxygen atoms in total. The van der Waals surface area contributed by atoms with E-state index in [1.807, 2.05) is 31.3 Å². The Morgan fingerprint density at radius 3 is 2.39 bits per heavy atom. The molecule has 2 aromatic rings. The Morgan fingerprint density at radius 1 is 1.08 bits per heavy atom. The van der Waals surface area contributed by atoms with E-state index in [1.54, 1.807) is 17.0 Å². The van der Waals surface area contributed by atoms with Crippen LogP contribution in [0.2, 0.25) is 0 Å². The second-order valence-electron chi connectivity index (χ2n) is 11.1. The van der Waals surface area contributed by atoms with Crippen LogP contribution in [0.3, 0.4) is 0 Å². The van der Waals surface area contributed by atoms with Crippen LogP contribution < -0.4 is 10.6 Å². The third-order valence-electron chi connectivity index (χ3n) is 8.24. The van der Waals surface area contributed by atoms with Crippen LogP contribution in [0, 0.1) is 5.82 Å². The molecule has 0 unspecified atom stereocenters. The lowest BCUT2D eigenvalue weighted by Crippen LogP contribution is -2.56. The fourth-order valence-corrected chi connectivity index (χ4v) is 6.04. The average molecular weight is 522 g/mol. The summed E-state index contributed by atoms with van der Waals surface area (Å²) in [5.74, 6) is -0.347. The summed E-state index contributed by atoms with van der Waals surface area (Å²) in [7, 11) is 1.99. The molecular weight excluding hydrogens is 485 g/mol. The topological polar surface area (TPSA) is 85.0 Å². The van der Waals surface area contributed by atoms with Crippen molar-refractivity contribution >= 4 is 23.4 Å². The zero-order valence-corrected chi connectivity index (χ0v) is 22.1. The van der Waals surface area contributed by atoms with Crippen molar-refractivity contribution < 1.29 is 18.8 Å². The maximum atomic E-state index is 13.4. The number of carbonyl (C=O) groups is 3. The SMILES string of the molecule is CC(=O)Nc1ccc(CN2CCC3(CC2)CC(=O)N2C[C@@H](N(C)Cc4ccc(F)cc4)C[C@H]2C(=O)N3)cc1. The molecule has 3 aliphatic heterocycles. The Morgan fingerprint density at radius 2 is 1.74 bits per heavy atom. The molecule has 3 aliphatic rings. The number of hydrogen-bond acceptors (Lipinski definition) is 5. The van der Waals surface area contributed by atoms with Crippen LogP contribution >= 0.6 is 0 Å².